The van der Waals surface area contributed by atoms with Gasteiger partial charge in [0.05, 0.1) is 32.3 Å². The molecule has 3 rings (SSSR count). The fourth-order valence-corrected chi connectivity index (χ4v) is 5.55. The number of benzene rings is 3. The van der Waals surface area contributed by atoms with Crippen molar-refractivity contribution in [3.63, 3.8) is 0 Å². The van der Waals surface area contributed by atoms with Crippen molar-refractivity contribution in [1.29, 1.82) is 0 Å². The summed E-state index contributed by atoms with van der Waals surface area (Å²) >= 11 is 0. The number of aliphatic hydroxyl groups is 1. The summed E-state index contributed by atoms with van der Waals surface area (Å²) in [5, 5.41) is 16.9. The number of hydrogen-bond donors (Lipinski definition) is 2. The second-order valence-corrected chi connectivity index (χ2v) is 11.8. The number of methoxy groups -OCH3 is 1. The molecule has 3 unspecified atom stereocenters. The lowest BCUT2D eigenvalue weighted by molar-refractivity contribution is -0.131. The van der Waals surface area contributed by atoms with Crippen molar-refractivity contribution in [2.45, 2.75) is 77.0 Å². The highest BCUT2D eigenvalue weighted by atomic mass is 16.7. The van der Waals surface area contributed by atoms with Gasteiger partial charge in [-0.3, -0.25) is 4.79 Å². The minimum atomic E-state index is -0.835. The Kier molecular flexibility index (Phi) is 15.4. The van der Waals surface area contributed by atoms with Crippen molar-refractivity contribution in [1.82, 2.24) is 10.4 Å². The average molecular weight is 632 g/mol. The van der Waals surface area contributed by atoms with Crippen LogP contribution in [-0.2, 0) is 16.0 Å². The molecular weight excluding hydrogens is 578 g/mol. The summed E-state index contributed by atoms with van der Waals surface area (Å²) in [5.74, 6) is 1.91. The molecule has 0 amide bonds. The topological polar surface area (TPSA) is 83.5 Å². The zero-order chi connectivity index (χ0) is 33.3. The Hall–Kier alpha value is -4.01. The third kappa shape index (κ3) is 11.4. The van der Waals surface area contributed by atoms with Crippen LogP contribution in [0.4, 0.5) is 5.69 Å². The maximum absolute atomic E-state index is 11.7. The van der Waals surface area contributed by atoms with Gasteiger partial charge in [0.15, 0.2) is 6.10 Å². The summed E-state index contributed by atoms with van der Waals surface area (Å²) < 4.78 is 10.8. The zero-order valence-electron chi connectivity index (χ0n) is 28.2. The molecule has 250 valence electrons. The molecule has 0 aliphatic rings. The van der Waals surface area contributed by atoms with Gasteiger partial charge in [0, 0.05) is 25.0 Å². The molecule has 0 spiro atoms. The standard InChI is InChI=1S/C38H53N3O5/c1-7-10-23-41(46-35-21-19-34(44-6)20-22-35)26-37(43)36(24-30-15-12-11-13-16-30)39-29(4)38(45-28-42)27-40(5)33-18-14-17-32(25-33)31(8-2)9-3/h11-22,25,28,31,36-39,43H,4,7-10,23-24,26-27H2,1-3,5-6H3. The van der Waals surface area contributed by atoms with Crippen molar-refractivity contribution in [2.75, 3.05) is 38.7 Å². The molecule has 3 aromatic rings. The SMILES string of the molecule is C=C(NC(Cc1ccccc1)C(O)CN(CCCC)Oc1ccc(OC)cc1)C(CN(C)c1cccc(C(CC)CC)c1)OC=O. The minimum Gasteiger partial charge on any atom is -0.497 e. The lowest BCUT2D eigenvalue weighted by Crippen LogP contribution is -2.50. The van der Waals surface area contributed by atoms with Gasteiger partial charge in [-0.05, 0) is 79.1 Å². The van der Waals surface area contributed by atoms with Crippen molar-refractivity contribution in [3.8, 4) is 11.5 Å². The molecule has 3 aromatic carbocycles. The second kappa shape index (κ2) is 19.5. The summed E-state index contributed by atoms with van der Waals surface area (Å²) in [6.45, 7) is 12.6. The maximum Gasteiger partial charge on any atom is 0.293 e. The van der Waals surface area contributed by atoms with E-state index < -0.39 is 18.2 Å². The van der Waals surface area contributed by atoms with Gasteiger partial charge in [-0.15, -0.1) is 5.06 Å². The van der Waals surface area contributed by atoms with Crippen molar-refractivity contribution in [3.05, 3.63) is 102 Å². The van der Waals surface area contributed by atoms with E-state index in [1.54, 1.807) is 12.2 Å². The predicted octanol–water partition coefficient (Wildman–Crippen LogP) is 6.75. The highest BCUT2D eigenvalue weighted by molar-refractivity contribution is 5.49. The smallest absolute Gasteiger partial charge is 0.293 e. The molecular formula is C38H53N3O5. The normalized spacial score (nSPS) is 13.1. The molecule has 3 atom stereocenters. The Morgan fingerprint density at radius 1 is 0.957 bits per heavy atom. The zero-order valence-corrected chi connectivity index (χ0v) is 28.2. The Morgan fingerprint density at radius 2 is 1.65 bits per heavy atom. The number of hydroxylamine groups is 2. The number of nitrogens with zero attached hydrogens (tertiary/aromatic N) is 2. The molecule has 0 saturated carbocycles. The third-order valence-electron chi connectivity index (χ3n) is 8.40. The number of anilines is 1. The second-order valence-electron chi connectivity index (χ2n) is 11.8. The lowest BCUT2D eigenvalue weighted by Gasteiger charge is -2.33. The van der Waals surface area contributed by atoms with E-state index >= 15 is 0 Å². The van der Waals surface area contributed by atoms with Crippen molar-refractivity contribution < 1.29 is 24.2 Å². The lowest BCUT2D eigenvalue weighted by atomic mass is 9.93. The number of hydrogen-bond acceptors (Lipinski definition) is 8. The first-order chi connectivity index (χ1) is 22.3. The van der Waals surface area contributed by atoms with Gasteiger partial charge in [0.1, 0.15) is 11.5 Å². The van der Waals surface area contributed by atoms with Crippen LogP contribution in [0.15, 0.2) is 91.1 Å². The molecule has 0 aromatic heterocycles. The van der Waals surface area contributed by atoms with Gasteiger partial charge >= 0.3 is 0 Å². The number of aliphatic hydroxyl groups excluding tert-OH is 1. The van der Waals surface area contributed by atoms with Crippen LogP contribution in [0, 0.1) is 0 Å². The molecule has 8 heteroatoms. The fraction of sp³-hybridized carbons (Fsp3) is 0.447. The highest BCUT2D eigenvalue weighted by Crippen LogP contribution is 2.27. The Balaban J connectivity index is 1.78. The Bertz CT molecular complexity index is 1300. The first-order valence-corrected chi connectivity index (χ1v) is 16.5. The molecule has 0 aliphatic heterocycles. The van der Waals surface area contributed by atoms with E-state index in [0.717, 1.165) is 42.7 Å². The van der Waals surface area contributed by atoms with Crippen LogP contribution in [-0.4, -0.2) is 68.7 Å². The molecule has 0 heterocycles. The van der Waals surface area contributed by atoms with Gasteiger partial charge < -0.3 is 29.6 Å². The van der Waals surface area contributed by atoms with E-state index in [1.165, 1.54) is 5.56 Å². The van der Waals surface area contributed by atoms with E-state index in [1.807, 2.05) is 61.6 Å². The molecule has 0 fully saturated rings. The van der Waals surface area contributed by atoms with Gasteiger partial charge in [-0.2, -0.15) is 0 Å². The summed E-state index contributed by atoms with van der Waals surface area (Å²) in [6, 6.07) is 25.5. The van der Waals surface area contributed by atoms with Gasteiger partial charge in [0.2, 0.25) is 0 Å². The van der Waals surface area contributed by atoms with E-state index in [2.05, 4.69) is 61.8 Å². The molecule has 0 radical (unpaired) electrons. The number of nitrogens with one attached hydrogen (secondary N) is 1. The van der Waals surface area contributed by atoms with Crippen LogP contribution >= 0.6 is 0 Å². The molecule has 8 nitrogen and oxygen atoms in total. The monoisotopic (exact) mass is 631 g/mol. The number of carbonyl (C=O) groups excluding carboxylic acids is 1. The molecule has 46 heavy (non-hydrogen) atoms. The number of likely N-dealkylation sites (N-methyl/N-ethyl adjacent to an activating group) is 1. The van der Waals surface area contributed by atoms with Gasteiger partial charge in [0.25, 0.3) is 6.47 Å². The largest absolute Gasteiger partial charge is 0.497 e. The molecule has 0 bridgehead atoms. The van der Waals surface area contributed by atoms with Crippen LogP contribution in [0.2, 0.25) is 0 Å². The quantitative estimate of drug-likeness (QED) is 0.0931. The summed E-state index contributed by atoms with van der Waals surface area (Å²) in [4.78, 5) is 19.9. The molecule has 2 N–H and O–H groups in total. The first kappa shape index (κ1) is 36.5. The van der Waals surface area contributed by atoms with Crippen molar-refractivity contribution in [2.24, 2.45) is 0 Å². The first-order valence-electron chi connectivity index (χ1n) is 16.5. The van der Waals surface area contributed by atoms with Crippen LogP contribution in [0.1, 0.15) is 63.5 Å². The molecule has 0 saturated heterocycles. The molecule has 0 aliphatic carbocycles. The number of rotatable bonds is 22. The Morgan fingerprint density at radius 3 is 2.28 bits per heavy atom. The summed E-state index contributed by atoms with van der Waals surface area (Å²) in [6.07, 6.45) is 3.11. The van der Waals surface area contributed by atoms with E-state index in [9.17, 15) is 9.90 Å². The third-order valence-corrected chi connectivity index (χ3v) is 8.40. The average Bonchev–Trinajstić information content (AvgIpc) is 3.08. The van der Waals surface area contributed by atoms with Gasteiger partial charge in [-0.1, -0.05) is 76.2 Å². The Labute approximate surface area is 275 Å². The van der Waals surface area contributed by atoms with Crippen LogP contribution < -0.4 is 19.8 Å². The number of ether oxygens (including phenoxy) is 2. The number of carbonyl (C=O) groups is 1. The van der Waals surface area contributed by atoms with E-state index in [4.69, 9.17) is 14.3 Å². The minimum absolute atomic E-state index is 0.256. The summed E-state index contributed by atoms with van der Waals surface area (Å²) in [5.41, 5.74) is 3.92. The predicted molar refractivity (Wildman–Crippen MR) is 186 cm³/mol. The number of unbranched alkanes of at least 4 members (excludes halogenated alkanes) is 1. The van der Waals surface area contributed by atoms with E-state index in [-0.39, 0.29) is 6.54 Å². The van der Waals surface area contributed by atoms with Crippen LogP contribution in [0.5, 0.6) is 11.5 Å². The fourth-order valence-electron chi connectivity index (χ4n) is 5.55. The van der Waals surface area contributed by atoms with Crippen LogP contribution in [0.3, 0.4) is 0 Å². The van der Waals surface area contributed by atoms with Crippen LogP contribution in [0.25, 0.3) is 0 Å². The van der Waals surface area contributed by atoms with E-state index in [0.29, 0.717) is 43.3 Å². The maximum atomic E-state index is 11.7. The van der Waals surface area contributed by atoms with Gasteiger partial charge in [-0.25, -0.2) is 0 Å². The van der Waals surface area contributed by atoms with Crippen molar-refractivity contribution >= 4 is 12.2 Å². The summed E-state index contributed by atoms with van der Waals surface area (Å²) in [7, 11) is 3.61. The highest BCUT2D eigenvalue weighted by Gasteiger charge is 2.27.